The van der Waals surface area contributed by atoms with Crippen LogP contribution in [-0.4, -0.2) is 12.1 Å². The van der Waals surface area contributed by atoms with Crippen LogP contribution in [0.3, 0.4) is 0 Å². The molecule has 0 fully saturated rings. The lowest BCUT2D eigenvalue weighted by Crippen LogP contribution is -2.45. The van der Waals surface area contributed by atoms with Gasteiger partial charge in [-0.2, -0.15) is 22.0 Å². The fourth-order valence-electron chi connectivity index (χ4n) is 1.14. The third kappa shape index (κ3) is 3.79. The molecule has 0 spiro atoms. The fourth-order valence-corrected chi connectivity index (χ4v) is 2.47. The van der Waals surface area contributed by atoms with E-state index >= 15 is 0 Å². The first-order valence-electron chi connectivity index (χ1n) is 4.22. The smallest absolute Gasteiger partial charge is 0.319 e. The van der Waals surface area contributed by atoms with Crippen molar-refractivity contribution in [2.24, 2.45) is 5.73 Å². The molecule has 1 aromatic carbocycles. The van der Waals surface area contributed by atoms with Gasteiger partial charge in [0.2, 0.25) is 0 Å². The van der Waals surface area contributed by atoms with Gasteiger partial charge in [0, 0.05) is 8.95 Å². The summed E-state index contributed by atoms with van der Waals surface area (Å²) in [5.41, 5.74) is 4.67. The van der Waals surface area contributed by atoms with Crippen LogP contribution in [0.5, 0.6) is 0 Å². The van der Waals surface area contributed by atoms with Crippen LogP contribution in [0.4, 0.5) is 22.0 Å². The number of alkyl halides is 5. The Morgan fingerprint density at radius 3 is 1.67 bits per heavy atom. The summed E-state index contributed by atoms with van der Waals surface area (Å²) in [6.45, 7) is 0. The molecule has 0 radical (unpaired) electrons. The minimum Gasteiger partial charge on any atom is -0.319 e. The van der Waals surface area contributed by atoms with E-state index in [0.717, 1.165) is 12.1 Å². The first-order chi connectivity index (χ1) is 7.55. The zero-order valence-electron chi connectivity index (χ0n) is 8.44. The topological polar surface area (TPSA) is 26.0 Å². The summed E-state index contributed by atoms with van der Waals surface area (Å²) in [4.78, 5) is 0. The maximum absolute atomic E-state index is 13.0. The lowest BCUT2D eigenvalue weighted by molar-refractivity contribution is -0.291. The van der Waals surface area contributed by atoms with Gasteiger partial charge in [-0.15, -0.1) is 12.4 Å². The minimum atomic E-state index is -5.68. The monoisotopic (exact) mass is 417 g/mol. The van der Waals surface area contributed by atoms with E-state index in [1.165, 1.54) is 6.07 Å². The van der Waals surface area contributed by atoms with Crippen LogP contribution in [0.2, 0.25) is 0 Å². The van der Waals surface area contributed by atoms with Crippen molar-refractivity contribution in [3.8, 4) is 0 Å². The molecule has 9 heteroatoms. The molecule has 1 rings (SSSR count). The second kappa shape index (κ2) is 6.02. The van der Waals surface area contributed by atoms with Crippen LogP contribution in [-0.2, 0) is 0 Å². The average molecular weight is 419 g/mol. The maximum atomic E-state index is 13.0. The first kappa shape index (κ1) is 18.1. The highest BCUT2D eigenvalue weighted by molar-refractivity contribution is 9.11. The van der Waals surface area contributed by atoms with Gasteiger partial charge < -0.3 is 5.73 Å². The van der Waals surface area contributed by atoms with Crippen molar-refractivity contribution >= 4 is 44.3 Å². The standard InChI is InChI=1S/C9H6Br2F5N.ClH/c10-5-1-4(2-6(11)3-5)7(17)8(12,13)9(14,15)16;/h1-3,7H,17H2;1H/t7-;/m1./s1. The molecule has 0 aliphatic heterocycles. The van der Waals surface area contributed by atoms with E-state index in [1.54, 1.807) is 0 Å². The van der Waals surface area contributed by atoms with Crippen molar-refractivity contribution in [3.63, 3.8) is 0 Å². The molecule has 0 aliphatic rings. The van der Waals surface area contributed by atoms with Gasteiger partial charge in [0.1, 0.15) is 6.04 Å². The Morgan fingerprint density at radius 2 is 1.33 bits per heavy atom. The molecule has 0 bridgehead atoms. The van der Waals surface area contributed by atoms with Crippen molar-refractivity contribution < 1.29 is 22.0 Å². The molecule has 1 atom stereocenters. The van der Waals surface area contributed by atoms with Crippen molar-refractivity contribution in [1.29, 1.82) is 0 Å². The Balaban J connectivity index is 0.00000289. The van der Waals surface area contributed by atoms with Crippen LogP contribution < -0.4 is 5.73 Å². The second-order valence-electron chi connectivity index (χ2n) is 3.30. The van der Waals surface area contributed by atoms with Gasteiger partial charge in [-0.05, 0) is 23.8 Å². The third-order valence-corrected chi connectivity index (χ3v) is 2.93. The predicted molar refractivity (Wildman–Crippen MR) is 67.0 cm³/mol. The van der Waals surface area contributed by atoms with E-state index < -0.39 is 18.1 Å². The molecule has 18 heavy (non-hydrogen) atoms. The summed E-state index contributed by atoms with van der Waals surface area (Å²) in [5.74, 6) is -4.98. The maximum Gasteiger partial charge on any atom is 0.455 e. The summed E-state index contributed by atoms with van der Waals surface area (Å²) in [5, 5.41) is 0. The van der Waals surface area contributed by atoms with E-state index in [1.807, 2.05) is 0 Å². The highest BCUT2D eigenvalue weighted by Gasteiger charge is 2.61. The van der Waals surface area contributed by atoms with Gasteiger partial charge in [0.15, 0.2) is 0 Å². The van der Waals surface area contributed by atoms with Crippen molar-refractivity contribution in [2.75, 3.05) is 0 Å². The lowest BCUT2D eigenvalue weighted by atomic mass is 10.0. The van der Waals surface area contributed by atoms with Gasteiger partial charge in [-0.3, -0.25) is 0 Å². The molecular weight excluding hydrogens is 412 g/mol. The highest BCUT2D eigenvalue weighted by Crippen LogP contribution is 2.43. The number of benzene rings is 1. The summed E-state index contributed by atoms with van der Waals surface area (Å²) in [7, 11) is 0. The molecule has 0 saturated heterocycles. The number of rotatable bonds is 2. The summed E-state index contributed by atoms with van der Waals surface area (Å²) in [6, 6.07) is 1.29. The quantitative estimate of drug-likeness (QED) is 0.683. The SMILES string of the molecule is Cl.N[C@H](c1cc(Br)cc(Br)c1)C(F)(F)C(F)(F)F. The number of hydrogen-bond acceptors (Lipinski definition) is 1. The molecule has 1 aromatic rings. The number of halogens is 8. The van der Waals surface area contributed by atoms with Crippen LogP contribution in [0.25, 0.3) is 0 Å². The molecule has 0 aliphatic carbocycles. The molecular formula is C9H7Br2ClF5N. The van der Waals surface area contributed by atoms with Crippen molar-refractivity contribution in [2.45, 2.75) is 18.1 Å². The molecule has 0 aromatic heterocycles. The van der Waals surface area contributed by atoms with Gasteiger partial charge in [0.05, 0.1) is 0 Å². The van der Waals surface area contributed by atoms with Gasteiger partial charge in [-0.1, -0.05) is 31.9 Å². The Kier molecular flexibility index (Phi) is 6.05. The minimum absolute atomic E-state index is 0. The van der Waals surface area contributed by atoms with Gasteiger partial charge in [-0.25, -0.2) is 0 Å². The fraction of sp³-hybridized carbons (Fsp3) is 0.333. The zero-order valence-corrected chi connectivity index (χ0v) is 12.4. The number of nitrogens with two attached hydrogens (primary N) is 1. The Bertz CT molecular complexity index is 404. The molecule has 0 unspecified atom stereocenters. The van der Waals surface area contributed by atoms with Crippen LogP contribution >= 0.6 is 44.3 Å². The molecule has 2 N–H and O–H groups in total. The summed E-state index contributed by atoms with van der Waals surface area (Å²) in [6.07, 6.45) is -5.68. The zero-order chi connectivity index (χ0) is 13.4. The van der Waals surface area contributed by atoms with Crippen LogP contribution in [0.1, 0.15) is 11.6 Å². The van der Waals surface area contributed by atoms with Crippen LogP contribution in [0.15, 0.2) is 27.1 Å². The van der Waals surface area contributed by atoms with E-state index in [2.05, 4.69) is 31.9 Å². The highest BCUT2D eigenvalue weighted by atomic mass is 79.9. The lowest BCUT2D eigenvalue weighted by Gasteiger charge is -2.26. The van der Waals surface area contributed by atoms with E-state index in [4.69, 9.17) is 5.73 Å². The van der Waals surface area contributed by atoms with E-state index in [0.29, 0.717) is 8.95 Å². The third-order valence-electron chi connectivity index (χ3n) is 2.01. The van der Waals surface area contributed by atoms with E-state index in [9.17, 15) is 22.0 Å². The Morgan fingerprint density at radius 1 is 0.944 bits per heavy atom. The van der Waals surface area contributed by atoms with Crippen molar-refractivity contribution in [3.05, 3.63) is 32.7 Å². The van der Waals surface area contributed by atoms with Crippen molar-refractivity contribution in [1.82, 2.24) is 0 Å². The molecule has 104 valence electrons. The summed E-state index contributed by atoms with van der Waals surface area (Å²) < 4.78 is 63.1. The number of hydrogen-bond donors (Lipinski definition) is 1. The second-order valence-corrected chi connectivity index (χ2v) is 5.13. The predicted octanol–water partition coefficient (Wildman–Crippen LogP) is 4.83. The Labute approximate surface area is 123 Å². The van der Waals surface area contributed by atoms with Crippen LogP contribution in [0, 0.1) is 0 Å². The summed E-state index contributed by atoms with van der Waals surface area (Å²) >= 11 is 5.97. The molecule has 0 amide bonds. The first-order valence-corrected chi connectivity index (χ1v) is 5.80. The largest absolute Gasteiger partial charge is 0.455 e. The molecule has 0 saturated carbocycles. The average Bonchev–Trinajstić information content (AvgIpc) is 2.13. The van der Waals surface area contributed by atoms with Gasteiger partial charge >= 0.3 is 12.1 Å². The normalized spacial score (nSPS) is 14.0. The Hall–Kier alpha value is 0.0800. The van der Waals surface area contributed by atoms with Gasteiger partial charge in [0.25, 0.3) is 0 Å². The molecule has 0 heterocycles. The molecule has 1 nitrogen and oxygen atoms in total. The van der Waals surface area contributed by atoms with E-state index in [-0.39, 0.29) is 18.0 Å².